The monoisotopic (exact) mass is 982 g/mol. The maximum absolute atomic E-state index is 13.2. The van der Waals surface area contributed by atoms with Crippen molar-refractivity contribution >= 4 is 47.2 Å². The molecule has 0 aliphatic carbocycles. The van der Waals surface area contributed by atoms with Gasteiger partial charge in [-0.15, -0.1) is 0 Å². The van der Waals surface area contributed by atoms with Gasteiger partial charge in [0.25, 0.3) is 0 Å². The van der Waals surface area contributed by atoms with Crippen LogP contribution >= 0.6 is 0 Å². The van der Waals surface area contributed by atoms with E-state index in [9.17, 15) is 19.8 Å². The highest BCUT2D eigenvalue weighted by atomic mass is 16.6. The third kappa shape index (κ3) is 13.4. The number of carbonyl (C=O) groups is 2. The molecule has 6 rings (SSSR count). The van der Waals surface area contributed by atoms with E-state index in [1.807, 2.05) is 18.2 Å². The summed E-state index contributed by atoms with van der Waals surface area (Å²) in [6, 6.07) is 27.3. The number of ketones is 2. The van der Waals surface area contributed by atoms with Gasteiger partial charge in [-0.1, -0.05) is 36.4 Å². The first-order chi connectivity index (χ1) is 34.9. The minimum Gasteiger partial charge on any atom is -0.504 e. The summed E-state index contributed by atoms with van der Waals surface area (Å²) < 4.78 is 55.7. The first kappa shape index (κ1) is 52.5. The molecule has 0 heterocycles. The fraction of sp³-hybridized carbons (Fsp3) is 0.214. The van der Waals surface area contributed by atoms with Gasteiger partial charge in [0, 0.05) is 71.0 Å². The highest BCUT2D eigenvalue weighted by Gasteiger charge is 2.17. The largest absolute Gasteiger partial charge is 0.504 e. The summed E-state index contributed by atoms with van der Waals surface area (Å²) in [4.78, 5) is 26.1. The summed E-state index contributed by atoms with van der Waals surface area (Å²) in [6.07, 6.45) is 10.4. The molecule has 16 nitrogen and oxygen atoms in total. The number of hydrogen-bond acceptors (Lipinski definition) is 16. The lowest BCUT2D eigenvalue weighted by molar-refractivity contribution is 0.0985. The number of methoxy groups -OCH3 is 8. The standard InChI is InChI=1S/C56H58N2O14/c1-63-42-11-9-10-40(30-42)46(60)21-23-58-44-34-50(65-3)48(62)32-39(44)15-13-36-28-53(68-6)56(70-8)54(29-36)72-25-24-71-41-18-16-37(17-19-41)45(59)20-22-57-43-33-49(64-2)47(61)31-38(43)14-12-35-26-51(66-4)55(69-7)52(27-35)67-5/h9-20,22,26-34,57-58,61-62H,21,23-25H2,1-8H3/b14-12-,15-13-,22-20-. The number of phenolic OH excluding ortho intramolecular Hbond substituents is 2. The van der Waals surface area contributed by atoms with E-state index in [4.69, 9.17) is 47.4 Å². The van der Waals surface area contributed by atoms with Crippen LogP contribution in [0.5, 0.6) is 69.0 Å². The molecular formula is C56H58N2O14. The van der Waals surface area contributed by atoms with Gasteiger partial charge in [-0.05, 0) is 83.9 Å². The molecule has 0 spiro atoms. The Morgan fingerprint density at radius 2 is 1.03 bits per heavy atom. The number of nitrogens with one attached hydrogen (secondary N) is 2. The molecule has 6 aromatic rings. The zero-order chi connectivity index (χ0) is 51.6. The molecule has 16 heteroatoms. The zero-order valence-electron chi connectivity index (χ0n) is 41.3. The van der Waals surface area contributed by atoms with Gasteiger partial charge in [-0.25, -0.2) is 0 Å². The van der Waals surface area contributed by atoms with Crippen molar-refractivity contribution in [2.75, 3.05) is 87.3 Å². The number of anilines is 2. The normalized spacial score (nSPS) is 11.1. The molecule has 376 valence electrons. The summed E-state index contributed by atoms with van der Waals surface area (Å²) >= 11 is 0. The van der Waals surface area contributed by atoms with Crippen molar-refractivity contribution < 1.29 is 67.2 Å². The number of allylic oxidation sites excluding steroid dienone is 1. The summed E-state index contributed by atoms with van der Waals surface area (Å²) in [6.45, 7) is 0.619. The van der Waals surface area contributed by atoms with Crippen molar-refractivity contribution in [3.8, 4) is 69.0 Å². The van der Waals surface area contributed by atoms with E-state index < -0.39 is 0 Å². The number of carbonyl (C=O) groups excluding carboxylic acids is 2. The van der Waals surface area contributed by atoms with Crippen molar-refractivity contribution in [1.29, 1.82) is 0 Å². The van der Waals surface area contributed by atoms with E-state index in [-0.39, 0.29) is 54.2 Å². The molecular weight excluding hydrogens is 925 g/mol. The molecule has 0 atom stereocenters. The molecule has 0 fully saturated rings. The van der Waals surface area contributed by atoms with E-state index in [2.05, 4.69) is 10.6 Å². The van der Waals surface area contributed by atoms with Crippen molar-refractivity contribution in [2.45, 2.75) is 6.42 Å². The Balaban J connectivity index is 1.07. The number of Topliss-reactive ketones (excluding diaryl/α,β-unsaturated/α-hetero) is 1. The average molecular weight is 983 g/mol. The van der Waals surface area contributed by atoms with Crippen molar-refractivity contribution in [3.63, 3.8) is 0 Å². The number of ether oxygens (including phenoxy) is 10. The second kappa shape index (κ2) is 25.6. The van der Waals surface area contributed by atoms with E-state index in [0.29, 0.717) is 91.7 Å². The van der Waals surface area contributed by atoms with Crippen LogP contribution in [0.3, 0.4) is 0 Å². The van der Waals surface area contributed by atoms with Crippen molar-refractivity contribution in [1.82, 2.24) is 0 Å². The molecule has 0 aromatic heterocycles. The Morgan fingerprint density at radius 3 is 1.58 bits per heavy atom. The number of benzene rings is 6. The van der Waals surface area contributed by atoms with Gasteiger partial charge in [0.2, 0.25) is 11.5 Å². The summed E-state index contributed by atoms with van der Waals surface area (Å²) in [5, 5.41) is 27.7. The van der Waals surface area contributed by atoms with Gasteiger partial charge < -0.3 is 68.2 Å². The third-order valence-corrected chi connectivity index (χ3v) is 11.0. The van der Waals surface area contributed by atoms with Crippen molar-refractivity contribution in [2.24, 2.45) is 0 Å². The lowest BCUT2D eigenvalue weighted by Gasteiger charge is -2.16. The van der Waals surface area contributed by atoms with Crippen LogP contribution in [0.4, 0.5) is 11.4 Å². The summed E-state index contributed by atoms with van der Waals surface area (Å²) in [5.41, 5.74) is 4.87. The summed E-state index contributed by atoms with van der Waals surface area (Å²) in [7, 11) is 12.1. The quantitative estimate of drug-likeness (QED) is 0.0132. The Morgan fingerprint density at radius 1 is 0.500 bits per heavy atom. The Bertz CT molecular complexity index is 2900. The fourth-order valence-electron chi connectivity index (χ4n) is 7.35. The number of rotatable bonds is 26. The molecule has 0 amide bonds. The number of hydrogen-bond donors (Lipinski definition) is 4. The fourth-order valence-corrected chi connectivity index (χ4v) is 7.35. The average Bonchev–Trinajstić information content (AvgIpc) is 3.41. The van der Waals surface area contributed by atoms with E-state index in [1.54, 1.807) is 110 Å². The topological polar surface area (TPSA) is 191 Å². The van der Waals surface area contributed by atoms with Crippen LogP contribution in [0.25, 0.3) is 24.3 Å². The molecule has 0 saturated carbocycles. The maximum atomic E-state index is 13.2. The van der Waals surface area contributed by atoms with Crippen LogP contribution in [-0.4, -0.2) is 98.4 Å². The first-order valence-corrected chi connectivity index (χ1v) is 22.4. The van der Waals surface area contributed by atoms with Gasteiger partial charge in [0.1, 0.15) is 24.7 Å². The molecule has 0 aliphatic rings. The SMILES string of the molecule is COc1cccc(C(=O)CCNc2cc(OC)c(O)cc2/C=C\c2cc(OC)c(OC)c(OCCOc3ccc(C(=O)/C=C\Nc4cc(OC)c(O)cc4/C=C\c4cc(OC)c(OC)c(OC)c4)cc3)c2)c1. The Kier molecular flexibility index (Phi) is 18.7. The van der Waals surface area contributed by atoms with Gasteiger partial charge in [0.05, 0.1) is 56.9 Å². The molecule has 0 saturated heterocycles. The van der Waals surface area contributed by atoms with Crippen molar-refractivity contribution in [3.05, 3.63) is 143 Å². The second-order valence-corrected chi connectivity index (χ2v) is 15.5. The lowest BCUT2D eigenvalue weighted by Crippen LogP contribution is -2.10. The van der Waals surface area contributed by atoms with E-state index >= 15 is 0 Å². The van der Waals surface area contributed by atoms with Crippen LogP contribution in [0.1, 0.15) is 49.4 Å². The smallest absolute Gasteiger partial charge is 0.203 e. The summed E-state index contributed by atoms with van der Waals surface area (Å²) in [5.74, 6) is 3.87. The minimum absolute atomic E-state index is 0.0540. The Hall–Kier alpha value is -8.92. The van der Waals surface area contributed by atoms with Crippen LogP contribution in [0.2, 0.25) is 0 Å². The molecule has 0 bridgehead atoms. The number of aromatic hydroxyl groups is 2. The predicted octanol–water partition coefficient (Wildman–Crippen LogP) is 10.5. The van der Waals surface area contributed by atoms with E-state index in [1.165, 1.54) is 62.0 Å². The Labute approximate surface area is 418 Å². The van der Waals surface area contributed by atoms with Crippen LogP contribution in [0.15, 0.2) is 109 Å². The van der Waals surface area contributed by atoms with Gasteiger partial charge in [-0.3, -0.25) is 9.59 Å². The predicted molar refractivity (Wildman–Crippen MR) is 278 cm³/mol. The van der Waals surface area contributed by atoms with Crippen LogP contribution in [-0.2, 0) is 0 Å². The third-order valence-electron chi connectivity index (χ3n) is 11.0. The first-order valence-electron chi connectivity index (χ1n) is 22.4. The van der Waals surface area contributed by atoms with Gasteiger partial charge >= 0.3 is 0 Å². The molecule has 0 radical (unpaired) electrons. The van der Waals surface area contributed by atoms with Crippen LogP contribution in [0, 0.1) is 0 Å². The number of phenols is 2. The molecule has 0 unspecified atom stereocenters. The second-order valence-electron chi connectivity index (χ2n) is 15.5. The van der Waals surface area contributed by atoms with E-state index in [0.717, 1.165) is 5.56 Å². The lowest BCUT2D eigenvalue weighted by atomic mass is 10.1. The van der Waals surface area contributed by atoms with Gasteiger partial charge in [0.15, 0.2) is 57.6 Å². The van der Waals surface area contributed by atoms with Gasteiger partial charge in [-0.2, -0.15) is 0 Å². The molecule has 4 N–H and O–H groups in total. The minimum atomic E-state index is -0.263. The molecule has 72 heavy (non-hydrogen) atoms. The maximum Gasteiger partial charge on any atom is 0.203 e. The highest BCUT2D eigenvalue weighted by Crippen LogP contribution is 2.41. The molecule has 0 aliphatic heterocycles. The zero-order valence-corrected chi connectivity index (χ0v) is 41.3. The van der Waals surface area contributed by atoms with Crippen LogP contribution < -0.4 is 58.0 Å². The highest BCUT2D eigenvalue weighted by molar-refractivity contribution is 6.04. The molecule has 6 aromatic carbocycles.